The molecule has 0 amide bonds. The standard InChI is InChI=1S/C13H15N3O/c1-10-5-7-14-8-11(10)9-16-13-12(17-2)4-3-6-15-13/h3-8H,9H2,1-2H3,(H,15,16). The second-order valence-electron chi connectivity index (χ2n) is 3.71. The smallest absolute Gasteiger partial charge is 0.168 e. The molecule has 0 saturated heterocycles. The number of aromatic nitrogens is 2. The number of nitrogens with zero attached hydrogens (tertiary/aromatic N) is 2. The number of hydrogen-bond acceptors (Lipinski definition) is 4. The molecule has 0 bridgehead atoms. The number of pyridine rings is 2. The third-order valence-corrected chi connectivity index (χ3v) is 2.58. The summed E-state index contributed by atoms with van der Waals surface area (Å²) in [5, 5.41) is 3.25. The first kappa shape index (κ1) is 11.4. The van der Waals surface area contributed by atoms with Gasteiger partial charge in [0.2, 0.25) is 0 Å². The van der Waals surface area contributed by atoms with E-state index in [4.69, 9.17) is 4.74 Å². The SMILES string of the molecule is COc1cccnc1NCc1cnccc1C. The Bertz CT molecular complexity index is 500. The van der Waals surface area contributed by atoms with Gasteiger partial charge in [-0.25, -0.2) is 4.98 Å². The third-order valence-electron chi connectivity index (χ3n) is 2.58. The maximum Gasteiger partial charge on any atom is 0.168 e. The maximum atomic E-state index is 5.22. The molecular weight excluding hydrogens is 214 g/mol. The van der Waals surface area contributed by atoms with Crippen molar-refractivity contribution in [2.45, 2.75) is 13.5 Å². The van der Waals surface area contributed by atoms with Crippen molar-refractivity contribution < 1.29 is 4.74 Å². The first-order valence-corrected chi connectivity index (χ1v) is 5.43. The van der Waals surface area contributed by atoms with E-state index in [-0.39, 0.29) is 0 Å². The van der Waals surface area contributed by atoms with E-state index in [0.29, 0.717) is 6.54 Å². The van der Waals surface area contributed by atoms with Crippen molar-refractivity contribution in [1.29, 1.82) is 0 Å². The first-order valence-electron chi connectivity index (χ1n) is 5.43. The summed E-state index contributed by atoms with van der Waals surface area (Å²) in [7, 11) is 1.64. The van der Waals surface area contributed by atoms with Gasteiger partial charge in [-0.1, -0.05) is 0 Å². The zero-order chi connectivity index (χ0) is 12.1. The van der Waals surface area contributed by atoms with Gasteiger partial charge in [0.25, 0.3) is 0 Å². The number of aryl methyl sites for hydroxylation is 1. The van der Waals surface area contributed by atoms with Crippen LogP contribution < -0.4 is 10.1 Å². The second-order valence-corrected chi connectivity index (χ2v) is 3.71. The number of hydrogen-bond donors (Lipinski definition) is 1. The fraction of sp³-hybridized carbons (Fsp3) is 0.231. The number of nitrogens with one attached hydrogen (secondary N) is 1. The molecule has 0 aliphatic carbocycles. The van der Waals surface area contributed by atoms with Crippen LogP contribution in [0.25, 0.3) is 0 Å². The highest BCUT2D eigenvalue weighted by Gasteiger charge is 2.03. The molecule has 1 N–H and O–H groups in total. The predicted octanol–water partition coefficient (Wildman–Crippen LogP) is 2.41. The summed E-state index contributed by atoms with van der Waals surface area (Å²) in [6.07, 6.45) is 5.39. The number of rotatable bonds is 4. The fourth-order valence-electron chi connectivity index (χ4n) is 1.55. The summed E-state index contributed by atoms with van der Waals surface area (Å²) in [5.41, 5.74) is 2.36. The monoisotopic (exact) mass is 229 g/mol. The Balaban J connectivity index is 2.10. The average Bonchev–Trinajstić information content (AvgIpc) is 2.38. The summed E-state index contributed by atoms with van der Waals surface area (Å²) in [4.78, 5) is 8.35. The van der Waals surface area contributed by atoms with Crippen molar-refractivity contribution in [1.82, 2.24) is 9.97 Å². The van der Waals surface area contributed by atoms with Crippen molar-refractivity contribution in [3.63, 3.8) is 0 Å². The molecular formula is C13H15N3O. The minimum atomic E-state index is 0.688. The molecule has 0 atom stereocenters. The summed E-state index contributed by atoms with van der Waals surface area (Å²) in [5.74, 6) is 1.49. The van der Waals surface area contributed by atoms with E-state index in [1.165, 1.54) is 5.56 Å². The van der Waals surface area contributed by atoms with Gasteiger partial charge in [-0.2, -0.15) is 0 Å². The molecule has 4 nitrogen and oxygen atoms in total. The van der Waals surface area contributed by atoms with Gasteiger partial charge in [-0.15, -0.1) is 0 Å². The van der Waals surface area contributed by atoms with Crippen LogP contribution in [0.3, 0.4) is 0 Å². The van der Waals surface area contributed by atoms with Gasteiger partial charge in [-0.05, 0) is 36.2 Å². The van der Waals surface area contributed by atoms with Crippen LogP contribution in [-0.2, 0) is 6.54 Å². The predicted molar refractivity (Wildman–Crippen MR) is 67.1 cm³/mol. The number of methoxy groups -OCH3 is 1. The number of ether oxygens (including phenoxy) is 1. The second kappa shape index (κ2) is 5.30. The van der Waals surface area contributed by atoms with Gasteiger partial charge in [0.15, 0.2) is 11.6 Å². The van der Waals surface area contributed by atoms with E-state index in [1.807, 2.05) is 24.4 Å². The Labute approximate surface area is 101 Å². The van der Waals surface area contributed by atoms with E-state index >= 15 is 0 Å². The molecule has 2 aromatic rings. The van der Waals surface area contributed by atoms with Gasteiger partial charge in [0, 0.05) is 25.1 Å². The van der Waals surface area contributed by atoms with Gasteiger partial charge in [0.05, 0.1) is 7.11 Å². The highest BCUT2D eigenvalue weighted by molar-refractivity contribution is 5.49. The van der Waals surface area contributed by atoms with Crippen LogP contribution in [0, 0.1) is 6.92 Å². The lowest BCUT2D eigenvalue weighted by atomic mass is 10.1. The zero-order valence-electron chi connectivity index (χ0n) is 9.97. The molecule has 0 unspecified atom stereocenters. The Kier molecular flexibility index (Phi) is 3.55. The Morgan fingerprint density at radius 2 is 2.18 bits per heavy atom. The molecule has 0 saturated carbocycles. The minimum absolute atomic E-state index is 0.688. The van der Waals surface area contributed by atoms with Crippen molar-refractivity contribution in [2.75, 3.05) is 12.4 Å². The van der Waals surface area contributed by atoms with E-state index in [0.717, 1.165) is 17.1 Å². The van der Waals surface area contributed by atoms with E-state index in [9.17, 15) is 0 Å². The molecule has 0 aliphatic heterocycles. The van der Waals surface area contributed by atoms with Crippen molar-refractivity contribution in [3.8, 4) is 5.75 Å². The van der Waals surface area contributed by atoms with Crippen molar-refractivity contribution >= 4 is 5.82 Å². The lowest BCUT2D eigenvalue weighted by Gasteiger charge is -2.10. The van der Waals surface area contributed by atoms with Crippen LogP contribution in [0.15, 0.2) is 36.8 Å². The highest BCUT2D eigenvalue weighted by atomic mass is 16.5. The lowest BCUT2D eigenvalue weighted by Crippen LogP contribution is -2.04. The molecule has 0 aliphatic rings. The summed E-state index contributed by atoms with van der Waals surface area (Å²) in [6.45, 7) is 2.75. The molecule has 17 heavy (non-hydrogen) atoms. The molecule has 0 aromatic carbocycles. The first-order chi connectivity index (χ1) is 8.31. The maximum absolute atomic E-state index is 5.22. The van der Waals surface area contributed by atoms with Gasteiger partial charge in [-0.3, -0.25) is 4.98 Å². The number of anilines is 1. The summed E-state index contributed by atoms with van der Waals surface area (Å²) < 4.78 is 5.22. The molecule has 88 valence electrons. The van der Waals surface area contributed by atoms with Crippen LogP contribution in [0.1, 0.15) is 11.1 Å². The largest absolute Gasteiger partial charge is 0.493 e. The summed E-state index contributed by atoms with van der Waals surface area (Å²) in [6, 6.07) is 5.72. The third kappa shape index (κ3) is 2.72. The minimum Gasteiger partial charge on any atom is -0.493 e. The van der Waals surface area contributed by atoms with Crippen LogP contribution in [0.5, 0.6) is 5.75 Å². The van der Waals surface area contributed by atoms with E-state index in [1.54, 1.807) is 19.5 Å². The van der Waals surface area contributed by atoms with Gasteiger partial charge in [0.1, 0.15) is 0 Å². The quantitative estimate of drug-likeness (QED) is 0.874. The molecule has 0 fully saturated rings. The molecule has 0 spiro atoms. The topological polar surface area (TPSA) is 47.0 Å². The highest BCUT2D eigenvalue weighted by Crippen LogP contribution is 2.20. The summed E-state index contributed by atoms with van der Waals surface area (Å²) >= 11 is 0. The average molecular weight is 229 g/mol. The lowest BCUT2D eigenvalue weighted by molar-refractivity contribution is 0.415. The normalized spacial score (nSPS) is 10.0. The van der Waals surface area contributed by atoms with E-state index < -0.39 is 0 Å². The Morgan fingerprint density at radius 3 is 2.94 bits per heavy atom. The Hall–Kier alpha value is -2.10. The van der Waals surface area contributed by atoms with E-state index in [2.05, 4.69) is 22.2 Å². The molecule has 2 rings (SSSR count). The molecule has 0 radical (unpaired) electrons. The van der Waals surface area contributed by atoms with Crippen LogP contribution in [0.2, 0.25) is 0 Å². The van der Waals surface area contributed by atoms with Crippen molar-refractivity contribution in [3.05, 3.63) is 47.9 Å². The Morgan fingerprint density at radius 1 is 1.29 bits per heavy atom. The van der Waals surface area contributed by atoms with Crippen LogP contribution in [0.4, 0.5) is 5.82 Å². The van der Waals surface area contributed by atoms with Gasteiger partial charge < -0.3 is 10.1 Å². The molecule has 2 aromatic heterocycles. The van der Waals surface area contributed by atoms with Crippen LogP contribution in [-0.4, -0.2) is 17.1 Å². The van der Waals surface area contributed by atoms with Gasteiger partial charge >= 0.3 is 0 Å². The van der Waals surface area contributed by atoms with Crippen molar-refractivity contribution in [2.24, 2.45) is 0 Å². The molecule has 4 heteroatoms. The fourth-order valence-corrected chi connectivity index (χ4v) is 1.55. The van der Waals surface area contributed by atoms with Crippen LogP contribution >= 0.6 is 0 Å². The zero-order valence-corrected chi connectivity index (χ0v) is 9.97. The molecule has 2 heterocycles.